The number of aryl methyl sites for hydroxylation is 1. The van der Waals surface area contributed by atoms with E-state index >= 15 is 0 Å². The summed E-state index contributed by atoms with van der Waals surface area (Å²) in [5, 5.41) is 3.52. The molecule has 173 valence electrons. The first kappa shape index (κ1) is 23.7. The van der Waals surface area contributed by atoms with Crippen LogP contribution in [0.15, 0.2) is 54.6 Å². The van der Waals surface area contributed by atoms with Crippen molar-refractivity contribution in [3.63, 3.8) is 0 Å². The van der Waals surface area contributed by atoms with Gasteiger partial charge in [0.2, 0.25) is 0 Å². The number of ether oxygens (including phenoxy) is 3. The van der Waals surface area contributed by atoms with E-state index in [2.05, 4.69) is 10.3 Å². The van der Waals surface area contributed by atoms with Gasteiger partial charge >= 0.3 is 5.97 Å². The molecule has 0 spiro atoms. The minimum Gasteiger partial charge on any atom is -0.489 e. The smallest absolute Gasteiger partial charge is 0.303 e. The van der Waals surface area contributed by atoms with Crippen LogP contribution in [0.25, 0.3) is 16.7 Å². The van der Waals surface area contributed by atoms with Gasteiger partial charge in [-0.15, -0.1) is 0 Å². The van der Waals surface area contributed by atoms with Gasteiger partial charge in [-0.2, -0.15) is 0 Å². The second-order valence-corrected chi connectivity index (χ2v) is 8.49. The predicted molar refractivity (Wildman–Crippen MR) is 130 cm³/mol. The number of benzene rings is 3. The number of carbonyl (C=O) groups excluding carboxylic acids is 1. The molecule has 0 saturated carbocycles. The number of esters is 1. The molecule has 4 aromatic rings. The topological polar surface area (TPSA) is 74.6 Å². The van der Waals surface area contributed by atoms with Crippen LogP contribution in [-0.4, -0.2) is 58.3 Å². The Balaban J connectivity index is 0.00000253. The first-order chi connectivity index (χ1) is 16.5. The average molecular weight is 482 g/mol. The molecule has 9 heteroatoms. The van der Waals surface area contributed by atoms with Gasteiger partial charge in [0, 0.05) is 65.4 Å². The Kier molecular flexibility index (Phi) is 6.21. The molecule has 0 bridgehead atoms. The summed E-state index contributed by atoms with van der Waals surface area (Å²) in [5.41, 5.74) is 5.00. The number of rotatable bonds is 4. The Bertz CT molecular complexity index is 1450. The van der Waals surface area contributed by atoms with Crippen molar-refractivity contribution in [2.45, 2.75) is 26.0 Å². The van der Waals surface area contributed by atoms with Gasteiger partial charge in [0.25, 0.3) is 0 Å². The third-order valence-corrected chi connectivity index (χ3v) is 6.22. The van der Waals surface area contributed by atoms with Crippen LogP contribution in [-0.2, 0) is 9.53 Å². The van der Waals surface area contributed by atoms with Crippen LogP contribution in [0.5, 0.6) is 11.5 Å². The molecule has 2 aliphatic heterocycles. The Morgan fingerprint density at radius 3 is 2.80 bits per heavy atom. The number of anilines is 1. The van der Waals surface area contributed by atoms with Crippen molar-refractivity contribution in [2.75, 3.05) is 18.5 Å². The summed E-state index contributed by atoms with van der Waals surface area (Å²) in [6, 6.07) is 16.2. The summed E-state index contributed by atoms with van der Waals surface area (Å²) in [6.07, 6.45) is -0.377. The number of nitrogens with zero attached hydrogens (tertiary/aromatic N) is 2. The van der Waals surface area contributed by atoms with Crippen molar-refractivity contribution >= 4 is 52.2 Å². The van der Waals surface area contributed by atoms with E-state index in [9.17, 15) is 9.18 Å². The molecular formula is C26H22FN3NaO4. The number of para-hydroxylation sites is 1. The standard InChI is InChI=1S/C26H22FN3O4.Na/c1-14-28-20-9-6-16(27)10-23(20)30(14)22-5-3-4-18-21(12-33-26(18)22)29-17-7-8-19-24(11-17)32-13-25(19)34-15(2)31;/h3-11,21,25,29H,12-13H2,1-2H3;/t21-,25-;/m1./s1. The summed E-state index contributed by atoms with van der Waals surface area (Å²) >= 11 is 0. The summed E-state index contributed by atoms with van der Waals surface area (Å²) in [5.74, 6) is 1.57. The van der Waals surface area contributed by atoms with Crippen molar-refractivity contribution < 1.29 is 23.4 Å². The summed E-state index contributed by atoms with van der Waals surface area (Å²) < 4.78 is 33.1. The molecule has 6 rings (SSSR count). The van der Waals surface area contributed by atoms with Crippen molar-refractivity contribution in [2.24, 2.45) is 0 Å². The largest absolute Gasteiger partial charge is 0.489 e. The third kappa shape index (κ3) is 4.16. The fourth-order valence-corrected chi connectivity index (χ4v) is 4.77. The molecule has 3 heterocycles. The van der Waals surface area contributed by atoms with Crippen LogP contribution in [0, 0.1) is 12.7 Å². The first-order valence-electron chi connectivity index (χ1n) is 11.1. The van der Waals surface area contributed by atoms with E-state index in [-0.39, 0.29) is 53.5 Å². The van der Waals surface area contributed by atoms with E-state index in [1.807, 2.05) is 47.9 Å². The number of hydrogen-bond donors (Lipinski definition) is 1. The zero-order valence-corrected chi connectivity index (χ0v) is 21.7. The maximum absolute atomic E-state index is 14.0. The van der Waals surface area contributed by atoms with Crippen molar-refractivity contribution in [1.82, 2.24) is 9.55 Å². The van der Waals surface area contributed by atoms with Gasteiger partial charge in [0.15, 0.2) is 6.10 Å². The normalized spacial score (nSPS) is 17.7. The van der Waals surface area contributed by atoms with E-state index in [1.165, 1.54) is 19.1 Å². The van der Waals surface area contributed by atoms with Crippen LogP contribution in [0.1, 0.15) is 36.0 Å². The first-order valence-corrected chi connectivity index (χ1v) is 11.1. The fourth-order valence-electron chi connectivity index (χ4n) is 4.77. The Morgan fingerprint density at radius 2 is 1.97 bits per heavy atom. The third-order valence-electron chi connectivity index (χ3n) is 6.22. The number of imidazole rings is 1. The average Bonchev–Trinajstić information content (AvgIpc) is 3.48. The molecule has 0 saturated heterocycles. The number of fused-ring (bicyclic) bond motifs is 3. The zero-order chi connectivity index (χ0) is 23.4. The quantitative estimate of drug-likeness (QED) is 0.338. The molecule has 7 nitrogen and oxygen atoms in total. The number of aromatic nitrogens is 2. The Hall–Kier alpha value is -3.07. The van der Waals surface area contributed by atoms with Gasteiger partial charge in [-0.25, -0.2) is 9.37 Å². The number of hydrogen-bond acceptors (Lipinski definition) is 6. The minimum atomic E-state index is -0.377. The van der Waals surface area contributed by atoms with Crippen LogP contribution in [0.3, 0.4) is 0 Å². The maximum atomic E-state index is 14.0. The van der Waals surface area contributed by atoms with Gasteiger partial charge in [0.1, 0.15) is 36.4 Å². The molecule has 0 fully saturated rings. The predicted octanol–water partition coefficient (Wildman–Crippen LogP) is 4.63. The molecule has 2 atom stereocenters. The Morgan fingerprint density at radius 1 is 1.11 bits per heavy atom. The fraction of sp³-hybridized carbons (Fsp3) is 0.231. The molecule has 3 aromatic carbocycles. The van der Waals surface area contributed by atoms with E-state index in [0.717, 1.165) is 39.6 Å². The zero-order valence-electron chi connectivity index (χ0n) is 19.7. The second-order valence-electron chi connectivity index (χ2n) is 8.49. The number of carbonyl (C=O) groups is 1. The van der Waals surface area contributed by atoms with E-state index in [0.29, 0.717) is 24.5 Å². The number of nitrogens with one attached hydrogen (secondary N) is 1. The van der Waals surface area contributed by atoms with Crippen LogP contribution < -0.4 is 14.8 Å². The molecular weight excluding hydrogens is 460 g/mol. The maximum Gasteiger partial charge on any atom is 0.303 e. The molecule has 2 aliphatic rings. The van der Waals surface area contributed by atoms with Gasteiger partial charge in [-0.05, 0) is 37.3 Å². The van der Waals surface area contributed by atoms with Gasteiger partial charge in [0.05, 0.1) is 22.8 Å². The van der Waals surface area contributed by atoms with Crippen LogP contribution in [0.4, 0.5) is 10.1 Å². The molecule has 0 unspecified atom stereocenters. The molecule has 1 radical (unpaired) electrons. The van der Waals surface area contributed by atoms with Gasteiger partial charge in [-0.1, -0.05) is 12.1 Å². The van der Waals surface area contributed by atoms with Crippen LogP contribution in [0.2, 0.25) is 0 Å². The van der Waals surface area contributed by atoms with Crippen molar-refractivity contribution in [3.8, 4) is 17.2 Å². The molecule has 35 heavy (non-hydrogen) atoms. The number of halogens is 1. The van der Waals surface area contributed by atoms with E-state index < -0.39 is 0 Å². The van der Waals surface area contributed by atoms with Crippen LogP contribution >= 0.6 is 0 Å². The van der Waals surface area contributed by atoms with Crippen molar-refractivity contribution in [1.29, 1.82) is 0 Å². The summed E-state index contributed by atoms with van der Waals surface area (Å²) in [4.78, 5) is 15.9. The van der Waals surface area contributed by atoms with E-state index in [4.69, 9.17) is 14.2 Å². The SMILES string of the molecule is CC(=O)O[C@@H]1COc2cc(N[C@@H]3COc4c3cccc4-n3c(C)nc4ccc(F)cc43)ccc21.[Na]. The molecule has 1 aromatic heterocycles. The second kappa shape index (κ2) is 9.18. The molecule has 0 aliphatic carbocycles. The summed E-state index contributed by atoms with van der Waals surface area (Å²) in [6.45, 7) is 4.05. The molecule has 1 N–H and O–H groups in total. The molecule has 0 amide bonds. The van der Waals surface area contributed by atoms with Crippen molar-refractivity contribution in [3.05, 3.63) is 77.4 Å². The van der Waals surface area contributed by atoms with E-state index in [1.54, 1.807) is 6.07 Å². The summed E-state index contributed by atoms with van der Waals surface area (Å²) in [7, 11) is 0. The Labute approximate surface area is 223 Å². The van der Waals surface area contributed by atoms with Gasteiger partial charge < -0.3 is 19.5 Å². The minimum absolute atomic E-state index is 0. The van der Waals surface area contributed by atoms with Gasteiger partial charge in [-0.3, -0.25) is 9.36 Å². The monoisotopic (exact) mass is 482 g/mol.